The van der Waals surface area contributed by atoms with Crippen molar-refractivity contribution in [3.05, 3.63) is 0 Å². The predicted molar refractivity (Wildman–Crippen MR) is 56.7 cm³/mol. The van der Waals surface area contributed by atoms with E-state index in [0.29, 0.717) is 12.8 Å². The molecule has 1 rings (SSSR count). The smallest absolute Gasteiger partial charge is 0.325 e. The lowest BCUT2D eigenvalue weighted by Crippen LogP contribution is -2.51. The number of nitrogens with zero attached hydrogens (tertiary/aromatic N) is 1. The minimum absolute atomic E-state index is 0.0320. The van der Waals surface area contributed by atoms with Gasteiger partial charge in [0.15, 0.2) is 0 Å². The van der Waals surface area contributed by atoms with Crippen molar-refractivity contribution < 1.29 is 19.8 Å². The fraction of sp³-hybridized carbons (Fsp3) is 0.800. The number of urea groups is 1. The summed E-state index contributed by atoms with van der Waals surface area (Å²) in [7, 11) is 0. The van der Waals surface area contributed by atoms with E-state index < -0.39 is 24.3 Å². The van der Waals surface area contributed by atoms with Gasteiger partial charge < -0.3 is 15.1 Å². The second kappa shape index (κ2) is 4.80. The highest BCUT2D eigenvalue weighted by Crippen LogP contribution is 2.29. The third kappa shape index (κ3) is 1.90. The molecule has 1 heterocycles. The second-order valence-corrected chi connectivity index (χ2v) is 3.94. The lowest BCUT2D eigenvalue weighted by atomic mass is 9.91. The molecule has 1 aliphatic rings. The quantitative estimate of drug-likeness (QED) is 0.553. The third-order valence-electron chi connectivity index (χ3n) is 3.18. The molecular weight excluding hydrogens is 212 g/mol. The van der Waals surface area contributed by atoms with E-state index >= 15 is 0 Å². The number of β-amino-alcohol motifs (C(OH)–C–C–N with tert-alkyl or cyclic N) is 1. The van der Waals surface area contributed by atoms with E-state index in [1.807, 2.05) is 13.8 Å². The Balaban J connectivity index is 2.93. The van der Waals surface area contributed by atoms with Crippen LogP contribution in [0, 0.1) is 0 Å². The zero-order chi connectivity index (χ0) is 12.3. The normalized spacial score (nSPS) is 21.1. The van der Waals surface area contributed by atoms with Crippen molar-refractivity contribution in [2.24, 2.45) is 0 Å². The van der Waals surface area contributed by atoms with Crippen LogP contribution in [-0.4, -0.2) is 51.8 Å². The second-order valence-electron chi connectivity index (χ2n) is 3.94. The fourth-order valence-electron chi connectivity index (χ4n) is 2.08. The number of aliphatic hydroxyl groups is 2. The topological polar surface area (TPSA) is 89.9 Å². The van der Waals surface area contributed by atoms with E-state index in [1.54, 1.807) is 0 Å². The van der Waals surface area contributed by atoms with Crippen LogP contribution >= 0.6 is 0 Å². The number of hydrogen-bond acceptors (Lipinski definition) is 4. The Hall–Kier alpha value is -1.14. The summed E-state index contributed by atoms with van der Waals surface area (Å²) in [6.07, 6.45) is -0.0487. The van der Waals surface area contributed by atoms with Crippen molar-refractivity contribution in [1.82, 2.24) is 10.2 Å². The summed E-state index contributed by atoms with van der Waals surface area (Å²) in [6.45, 7) is 3.18. The van der Waals surface area contributed by atoms with E-state index in [1.165, 1.54) is 4.90 Å². The van der Waals surface area contributed by atoms with Crippen molar-refractivity contribution in [2.45, 2.75) is 38.3 Å². The summed E-state index contributed by atoms with van der Waals surface area (Å²) < 4.78 is 0. The molecule has 0 aromatic heterocycles. The largest absolute Gasteiger partial charge is 0.394 e. The van der Waals surface area contributed by atoms with E-state index in [2.05, 4.69) is 5.32 Å². The number of carbonyl (C=O) groups is 2. The molecule has 0 spiro atoms. The van der Waals surface area contributed by atoms with Crippen LogP contribution in [0.1, 0.15) is 26.7 Å². The maximum absolute atomic E-state index is 11.7. The molecule has 6 nitrogen and oxygen atoms in total. The summed E-state index contributed by atoms with van der Waals surface area (Å²) >= 11 is 0. The van der Waals surface area contributed by atoms with Crippen LogP contribution in [0.15, 0.2) is 0 Å². The Morgan fingerprint density at radius 1 is 1.38 bits per heavy atom. The molecule has 3 N–H and O–H groups in total. The summed E-state index contributed by atoms with van der Waals surface area (Å²) in [5, 5.41) is 20.4. The third-order valence-corrected chi connectivity index (χ3v) is 3.18. The molecule has 6 heteroatoms. The Kier molecular flexibility index (Phi) is 3.88. The summed E-state index contributed by atoms with van der Waals surface area (Å²) in [6, 6.07) is -0.499. The minimum atomic E-state index is -1.02. The first kappa shape index (κ1) is 12.9. The van der Waals surface area contributed by atoms with Gasteiger partial charge in [-0.3, -0.25) is 10.1 Å². The van der Waals surface area contributed by atoms with Gasteiger partial charge in [-0.1, -0.05) is 13.8 Å². The molecule has 3 amide bonds. The molecule has 0 radical (unpaired) electrons. The molecule has 1 aliphatic heterocycles. The van der Waals surface area contributed by atoms with Crippen LogP contribution in [0.2, 0.25) is 0 Å². The van der Waals surface area contributed by atoms with E-state index in [4.69, 9.17) is 5.11 Å². The molecule has 0 bridgehead atoms. The van der Waals surface area contributed by atoms with E-state index in [9.17, 15) is 14.7 Å². The highest BCUT2D eigenvalue weighted by Gasteiger charge is 2.50. The number of aliphatic hydroxyl groups excluding tert-OH is 2. The molecule has 1 unspecified atom stereocenters. The minimum Gasteiger partial charge on any atom is -0.394 e. The molecule has 92 valence electrons. The first-order chi connectivity index (χ1) is 7.51. The van der Waals surface area contributed by atoms with Crippen LogP contribution in [0.25, 0.3) is 0 Å². The maximum atomic E-state index is 11.7. The number of nitrogens with one attached hydrogen (secondary N) is 1. The van der Waals surface area contributed by atoms with Gasteiger partial charge in [0, 0.05) is 0 Å². The molecule has 0 saturated carbocycles. The van der Waals surface area contributed by atoms with Gasteiger partial charge in [-0.2, -0.15) is 0 Å². The monoisotopic (exact) mass is 230 g/mol. The van der Waals surface area contributed by atoms with Crippen LogP contribution in [0.4, 0.5) is 4.79 Å². The summed E-state index contributed by atoms with van der Waals surface area (Å²) in [4.78, 5) is 24.6. The Bertz CT molecular complexity index is 289. The molecule has 0 aliphatic carbocycles. The Morgan fingerprint density at radius 3 is 2.38 bits per heavy atom. The molecule has 0 aromatic rings. The number of imide groups is 1. The average molecular weight is 230 g/mol. The fourth-order valence-corrected chi connectivity index (χ4v) is 2.08. The molecule has 0 aromatic carbocycles. The van der Waals surface area contributed by atoms with Gasteiger partial charge in [0.05, 0.1) is 19.3 Å². The van der Waals surface area contributed by atoms with Gasteiger partial charge >= 0.3 is 6.03 Å². The molecule has 1 atom stereocenters. The highest BCUT2D eigenvalue weighted by molar-refractivity contribution is 6.06. The number of hydrogen-bond donors (Lipinski definition) is 3. The number of amides is 3. The molecular formula is C10H18N2O4. The SMILES string of the molecule is CCC1(CC)C(=O)NC(=O)N1CC(O)CO. The molecule has 1 saturated heterocycles. The maximum Gasteiger partial charge on any atom is 0.325 e. The lowest BCUT2D eigenvalue weighted by Gasteiger charge is -2.34. The van der Waals surface area contributed by atoms with E-state index in [-0.39, 0.29) is 12.5 Å². The zero-order valence-electron chi connectivity index (χ0n) is 9.56. The van der Waals surface area contributed by atoms with Crippen molar-refractivity contribution in [2.75, 3.05) is 13.2 Å². The Morgan fingerprint density at radius 2 is 1.94 bits per heavy atom. The average Bonchev–Trinajstić information content (AvgIpc) is 2.51. The van der Waals surface area contributed by atoms with Crippen LogP contribution in [-0.2, 0) is 4.79 Å². The van der Waals surface area contributed by atoms with Crippen LogP contribution in [0.3, 0.4) is 0 Å². The molecule has 1 fully saturated rings. The van der Waals surface area contributed by atoms with Crippen LogP contribution < -0.4 is 5.32 Å². The first-order valence-electron chi connectivity index (χ1n) is 5.43. The van der Waals surface area contributed by atoms with E-state index in [0.717, 1.165) is 0 Å². The first-order valence-corrected chi connectivity index (χ1v) is 5.43. The van der Waals surface area contributed by atoms with Gasteiger partial charge in [-0.25, -0.2) is 4.79 Å². The highest BCUT2D eigenvalue weighted by atomic mass is 16.3. The standard InChI is InChI=1S/C10H18N2O4/c1-3-10(4-2)8(15)11-9(16)12(10)5-7(14)6-13/h7,13-14H,3-6H2,1-2H3,(H,11,15,16). The number of rotatable bonds is 5. The van der Waals surface area contributed by atoms with Gasteiger partial charge in [-0.15, -0.1) is 0 Å². The number of carbonyl (C=O) groups excluding carboxylic acids is 2. The van der Waals surface area contributed by atoms with Gasteiger partial charge in [0.1, 0.15) is 5.54 Å². The molecule has 16 heavy (non-hydrogen) atoms. The predicted octanol–water partition coefficient (Wildman–Crippen LogP) is -0.550. The van der Waals surface area contributed by atoms with Crippen molar-refractivity contribution in [3.63, 3.8) is 0 Å². The van der Waals surface area contributed by atoms with Gasteiger partial charge in [0.25, 0.3) is 5.91 Å². The zero-order valence-corrected chi connectivity index (χ0v) is 9.56. The summed E-state index contributed by atoms with van der Waals surface area (Å²) in [5.74, 6) is -0.326. The van der Waals surface area contributed by atoms with Gasteiger partial charge in [-0.05, 0) is 12.8 Å². The van der Waals surface area contributed by atoms with Crippen molar-refractivity contribution in [1.29, 1.82) is 0 Å². The van der Waals surface area contributed by atoms with Crippen molar-refractivity contribution in [3.8, 4) is 0 Å². The van der Waals surface area contributed by atoms with Crippen molar-refractivity contribution >= 4 is 11.9 Å². The summed E-state index contributed by atoms with van der Waals surface area (Å²) in [5.41, 5.74) is -0.882. The Labute approximate surface area is 94.2 Å². The lowest BCUT2D eigenvalue weighted by molar-refractivity contribution is -0.127. The van der Waals surface area contributed by atoms with Crippen LogP contribution in [0.5, 0.6) is 0 Å². The van der Waals surface area contributed by atoms with Gasteiger partial charge in [0.2, 0.25) is 0 Å².